The van der Waals surface area contributed by atoms with Crippen molar-refractivity contribution in [2.45, 2.75) is 198 Å². The summed E-state index contributed by atoms with van der Waals surface area (Å²) >= 11 is 0. The molecule has 14 aliphatic rings. The second-order valence-corrected chi connectivity index (χ2v) is 49.6. The van der Waals surface area contributed by atoms with Crippen molar-refractivity contribution < 1.29 is 6.51 Å². The Balaban J connectivity index is 0.978. The Hall–Kier alpha value is 1.38. The Kier molecular flexibility index (Phi) is 2.03. The van der Waals surface area contributed by atoms with Gasteiger partial charge in [0.05, 0.1) is 0 Å². The van der Waals surface area contributed by atoms with Crippen molar-refractivity contribution in [3.8, 4) is 0 Å². The number of hydrogen-bond acceptors (Lipinski definition) is 0. The molecule has 0 N–H and O–H groups in total. The van der Waals surface area contributed by atoms with Gasteiger partial charge in [0.15, 0.2) is 0 Å². The molecule has 10 saturated heterocycles. The second-order valence-electron chi connectivity index (χ2n) is 20.1. The first-order valence-electron chi connectivity index (χ1n) is 18.3. The topological polar surface area (TPSA) is 0 Å². The van der Waals surface area contributed by atoms with E-state index in [2.05, 4.69) is 0 Å². The summed E-state index contributed by atoms with van der Waals surface area (Å²) in [5.74, 6) is 0. The van der Waals surface area contributed by atoms with Gasteiger partial charge in [0.2, 0.25) is 0 Å². The Morgan fingerprint density at radius 3 is 1.21 bits per heavy atom. The van der Waals surface area contributed by atoms with Gasteiger partial charge < -0.3 is 0 Å². The maximum atomic E-state index is 2.00. The van der Waals surface area contributed by atoms with Crippen LogP contribution in [0.15, 0.2) is 0 Å². The number of rotatable bonds is 7. The van der Waals surface area contributed by atoms with Crippen LogP contribution in [-0.4, -0.2) is 32.9 Å². The van der Waals surface area contributed by atoms with Crippen molar-refractivity contribution in [2.24, 2.45) is 0 Å². The van der Waals surface area contributed by atoms with E-state index >= 15 is 0 Å². The molecule has 1 spiro atoms. The maximum absolute atomic E-state index is 3.36. The summed E-state index contributed by atoms with van der Waals surface area (Å²) in [7, 11) is 0.733. The first-order valence-corrected chi connectivity index (χ1v) is 27.7. The van der Waals surface area contributed by atoms with Crippen molar-refractivity contribution in [1.82, 2.24) is 0 Å². The molecule has 10 aliphatic heterocycles. The van der Waals surface area contributed by atoms with Gasteiger partial charge in [0.1, 0.15) is 0 Å². The molecular weight excluding hydrogens is 538 g/mol. The van der Waals surface area contributed by atoms with Gasteiger partial charge in [-0.05, 0) is 0 Å². The van der Waals surface area contributed by atoms with Gasteiger partial charge in [-0.3, -0.25) is 0 Å². The zero-order valence-electron chi connectivity index (χ0n) is 24.0. The predicted molar refractivity (Wildman–Crippen MR) is 162 cm³/mol. The van der Waals surface area contributed by atoms with E-state index in [1.807, 2.05) is 6.16 Å². The van der Waals surface area contributed by atoms with Crippen LogP contribution in [0.4, 0.5) is 0 Å². The zero-order valence-corrected chi connectivity index (χ0v) is 26.9. The van der Waals surface area contributed by atoms with Crippen LogP contribution < -0.4 is 0 Å². The van der Waals surface area contributed by atoms with Gasteiger partial charge in [-0.25, -0.2) is 0 Å². The third-order valence-corrected chi connectivity index (χ3v) is 79.5. The average molecular weight is 593 g/mol. The van der Waals surface area contributed by atoms with E-state index in [4.69, 9.17) is 0 Å². The molecule has 14 rings (SSSR count). The van der Waals surface area contributed by atoms with E-state index < -0.39 is 6.51 Å². The normalized spacial score (nSPS) is 73.9. The minimum absolute atomic E-state index is 0.351. The molecule has 5 atom stereocenters. The third-order valence-electron chi connectivity index (χ3n) is 23.9. The van der Waals surface area contributed by atoms with Gasteiger partial charge in [-0.1, -0.05) is 0 Å². The van der Waals surface area contributed by atoms with Crippen molar-refractivity contribution in [3.05, 3.63) is 0 Å². The van der Waals surface area contributed by atoms with Crippen molar-refractivity contribution in [2.75, 3.05) is 6.16 Å². The Morgan fingerprint density at radius 1 is 0.447 bits per heavy atom. The van der Waals surface area contributed by atoms with Crippen LogP contribution >= 0.6 is 15.8 Å². The molecule has 0 radical (unpaired) electrons. The molecule has 14 fully saturated rings. The van der Waals surface area contributed by atoms with Crippen LogP contribution in [0.2, 0.25) is 42.8 Å². The summed E-state index contributed by atoms with van der Waals surface area (Å²) in [6.45, 7) is -3.36. The summed E-state index contributed by atoms with van der Waals surface area (Å²) in [4.78, 5) is 12.5. The van der Waals surface area contributed by atoms with Crippen LogP contribution in [0.5, 0.6) is 0 Å². The Bertz CT molecular complexity index is 1450. The van der Waals surface area contributed by atoms with Crippen molar-refractivity contribution in [3.63, 3.8) is 0 Å². The molecule has 4 saturated carbocycles. The standard InChI is InChI=1S/C30H49P2.C5H5.Fe/c1-5-15-26(16-6-1)31(27-17-7-2-8-18-27)24-25-14-13-23-30(25)32(28-19-9-3-10-20-28)29-21-11-4-12-22-29;1-2-4-5-3-1;/h13-14,23,26-29H,1-12,15-22,24H2;1-5H;. The first kappa shape index (κ1) is 21.1. The fourth-order valence-corrected chi connectivity index (χ4v) is 126. The second kappa shape index (κ2) is 3.64. The molecule has 10 heterocycles. The van der Waals surface area contributed by atoms with E-state index in [-0.39, 0.29) is 0 Å². The monoisotopic (exact) mass is 592 g/mol. The predicted octanol–water partition coefficient (Wildman–Crippen LogP) is 11.9. The van der Waals surface area contributed by atoms with E-state index in [0.29, 0.717) is 15.8 Å². The van der Waals surface area contributed by atoms with Crippen molar-refractivity contribution >= 4 is 15.8 Å². The molecule has 0 aromatic carbocycles. The quantitative estimate of drug-likeness (QED) is 0.204. The Labute approximate surface area is 225 Å². The molecule has 0 aromatic heterocycles. The molecule has 0 nitrogen and oxygen atoms in total. The third kappa shape index (κ3) is 0.599. The van der Waals surface area contributed by atoms with Crippen LogP contribution in [0.25, 0.3) is 0 Å². The van der Waals surface area contributed by atoms with E-state index in [1.54, 1.807) is 167 Å². The first-order chi connectivity index (χ1) is 18.6. The van der Waals surface area contributed by atoms with Crippen LogP contribution in [-0.2, 0) is 6.51 Å². The number of hydrogen-bond donors (Lipinski definition) is 0. The van der Waals surface area contributed by atoms with Gasteiger partial charge in [-0.15, -0.1) is 0 Å². The van der Waals surface area contributed by atoms with E-state index in [9.17, 15) is 0 Å². The van der Waals surface area contributed by atoms with E-state index in [0.717, 1.165) is 0 Å². The summed E-state index contributed by atoms with van der Waals surface area (Å²) in [6, 6.07) is 0. The average Bonchev–Trinajstić information content (AvgIpc) is 3.94. The van der Waals surface area contributed by atoms with E-state index in [1.165, 1.54) is 31.0 Å². The molecular formula is C35H54FeP2. The van der Waals surface area contributed by atoms with Gasteiger partial charge in [-0.2, -0.15) is 0 Å². The fourth-order valence-electron chi connectivity index (χ4n) is 25.3. The molecule has 0 aromatic rings. The molecule has 4 unspecified atom stereocenters. The summed E-state index contributed by atoms with van der Waals surface area (Å²) in [5.41, 5.74) is 5.06. The zero-order chi connectivity index (χ0) is 24.2. The minimum atomic E-state index is -3.36. The molecule has 0 amide bonds. The number of fused-ring (bicyclic) bond motifs is 10. The molecule has 4 aliphatic carbocycles. The Morgan fingerprint density at radius 2 is 0.842 bits per heavy atom. The van der Waals surface area contributed by atoms with Gasteiger partial charge >= 0.3 is 226 Å². The molecule has 3 heteroatoms. The molecule has 212 valence electrons. The summed E-state index contributed by atoms with van der Waals surface area (Å²) in [6.07, 6.45) is 35.1. The van der Waals surface area contributed by atoms with Crippen molar-refractivity contribution in [1.29, 1.82) is 0 Å². The van der Waals surface area contributed by atoms with Gasteiger partial charge in [0, 0.05) is 0 Å². The summed E-state index contributed by atoms with van der Waals surface area (Å²) in [5, 5.41) is 0. The SMILES string of the molecule is C1CCC(P(C[C@]23[CH]4[CH]5[CH]6[C]2(P(C2CCCCC2)C2CCCCC2)[Fe]56432789[CH]3[CH]2[CH]7[CH]8[CH]39)C2CCCCC2)CC1. The van der Waals surface area contributed by atoms with Crippen LogP contribution in [0.1, 0.15) is 128 Å². The van der Waals surface area contributed by atoms with Gasteiger partial charge in [0.25, 0.3) is 0 Å². The molecule has 0 bridgehead atoms. The molecule has 38 heavy (non-hydrogen) atoms. The van der Waals surface area contributed by atoms with Crippen LogP contribution in [0, 0.1) is 0 Å². The van der Waals surface area contributed by atoms with Crippen LogP contribution in [0.3, 0.4) is 0 Å². The fraction of sp³-hybridized carbons (Fsp3) is 1.00. The summed E-state index contributed by atoms with van der Waals surface area (Å²) < 4.78 is 2.43.